The molecule has 1 aromatic rings. The van der Waals surface area contributed by atoms with Gasteiger partial charge in [0.2, 0.25) is 15.9 Å². The average Bonchev–Trinajstić information content (AvgIpc) is 2.58. The minimum atomic E-state index is -3.62. The molecule has 0 aliphatic carbocycles. The molecule has 0 bridgehead atoms. The van der Waals surface area contributed by atoms with Crippen molar-refractivity contribution in [1.82, 2.24) is 4.90 Å². The van der Waals surface area contributed by atoms with Crippen LogP contribution in [0.15, 0.2) is 18.2 Å². The highest BCUT2D eigenvalue weighted by molar-refractivity contribution is 7.92. The van der Waals surface area contributed by atoms with E-state index in [1.165, 1.54) is 7.11 Å². The van der Waals surface area contributed by atoms with Crippen molar-refractivity contribution in [2.24, 2.45) is 0 Å². The number of likely N-dealkylation sites (tertiary alicyclic amines) is 1. The molecule has 1 aliphatic rings. The summed E-state index contributed by atoms with van der Waals surface area (Å²) in [6.07, 6.45) is 5.07. The fourth-order valence-electron chi connectivity index (χ4n) is 3.34. The Kier molecular flexibility index (Phi) is 6.32. The molecule has 140 valence electrons. The molecule has 0 spiro atoms. The summed E-state index contributed by atoms with van der Waals surface area (Å²) in [6.45, 7) is 4.44. The second kappa shape index (κ2) is 8.08. The van der Waals surface area contributed by atoms with E-state index in [9.17, 15) is 13.2 Å². The monoisotopic (exact) mass is 368 g/mol. The van der Waals surface area contributed by atoms with Crippen LogP contribution in [-0.2, 0) is 14.8 Å². The Bertz CT molecular complexity index is 718. The second-order valence-electron chi connectivity index (χ2n) is 6.59. The number of methoxy groups -OCH3 is 1. The normalized spacial score (nSPS) is 18.1. The van der Waals surface area contributed by atoms with E-state index in [4.69, 9.17) is 4.74 Å². The predicted octanol–water partition coefficient (Wildman–Crippen LogP) is 2.56. The Morgan fingerprint density at radius 1 is 1.36 bits per heavy atom. The van der Waals surface area contributed by atoms with E-state index in [1.807, 2.05) is 17.9 Å². The number of aryl methyl sites for hydroxylation is 1. The van der Waals surface area contributed by atoms with Crippen LogP contribution >= 0.6 is 0 Å². The summed E-state index contributed by atoms with van der Waals surface area (Å²) in [5.41, 5.74) is 1.31. The van der Waals surface area contributed by atoms with Crippen molar-refractivity contribution in [2.45, 2.75) is 45.6 Å². The highest BCUT2D eigenvalue weighted by atomic mass is 32.2. The van der Waals surface area contributed by atoms with Crippen LogP contribution in [0.4, 0.5) is 5.69 Å². The Morgan fingerprint density at radius 2 is 2.08 bits per heavy atom. The molecule has 0 N–H and O–H groups in total. The second-order valence-corrected chi connectivity index (χ2v) is 8.50. The third-order valence-electron chi connectivity index (χ3n) is 4.70. The van der Waals surface area contributed by atoms with Gasteiger partial charge in [-0.2, -0.15) is 0 Å². The lowest BCUT2D eigenvalue weighted by Gasteiger charge is -2.36. The number of amides is 1. The molecule has 2 rings (SSSR count). The number of sulfonamides is 1. The molecule has 0 aromatic heterocycles. The van der Waals surface area contributed by atoms with Crippen LogP contribution < -0.4 is 9.04 Å². The van der Waals surface area contributed by atoms with Gasteiger partial charge in [-0.3, -0.25) is 9.10 Å². The van der Waals surface area contributed by atoms with Crippen molar-refractivity contribution < 1.29 is 17.9 Å². The first-order chi connectivity index (χ1) is 11.8. The van der Waals surface area contributed by atoms with Crippen molar-refractivity contribution >= 4 is 21.6 Å². The maximum Gasteiger partial charge on any atom is 0.243 e. The molecule has 1 aliphatic heterocycles. The number of hydrogen-bond donors (Lipinski definition) is 0. The van der Waals surface area contributed by atoms with Gasteiger partial charge in [-0.25, -0.2) is 8.42 Å². The molecule has 1 atom stereocenters. The number of rotatable bonds is 6. The van der Waals surface area contributed by atoms with Gasteiger partial charge < -0.3 is 9.64 Å². The maximum atomic E-state index is 12.9. The van der Waals surface area contributed by atoms with Crippen LogP contribution in [0.5, 0.6) is 5.75 Å². The van der Waals surface area contributed by atoms with Gasteiger partial charge in [-0.1, -0.05) is 13.0 Å². The van der Waals surface area contributed by atoms with Gasteiger partial charge in [0.25, 0.3) is 0 Å². The number of benzene rings is 1. The minimum Gasteiger partial charge on any atom is -0.495 e. The largest absolute Gasteiger partial charge is 0.495 e. The number of ether oxygens (including phenoxy) is 1. The van der Waals surface area contributed by atoms with Gasteiger partial charge in [0.15, 0.2) is 0 Å². The number of nitrogens with zero attached hydrogens (tertiary/aromatic N) is 2. The van der Waals surface area contributed by atoms with Crippen molar-refractivity contribution in [1.29, 1.82) is 0 Å². The average molecular weight is 368 g/mol. The highest BCUT2D eigenvalue weighted by Gasteiger charge is 2.30. The summed E-state index contributed by atoms with van der Waals surface area (Å²) in [6, 6.07) is 5.51. The Balaban J connectivity index is 2.33. The zero-order valence-electron chi connectivity index (χ0n) is 15.5. The zero-order valence-corrected chi connectivity index (χ0v) is 16.3. The number of hydrogen-bond acceptors (Lipinski definition) is 4. The lowest BCUT2D eigenvalue weighted by Crippen LogP contribution is -2.49. The van der Waals surface area contributed by atoms with Crippen LogP contribution in [0.1, 0.15) is 38.2 Å². The number of anilines is 1. The molecule has 0 saturated carbocycles. The Morgan fingerprint density at radius 3 is 2.68 bits per heavy atom. The topological polar surface area (TPSA) is 66.9 Å². The number of carbonyl (C=O) groups is 1. The van der Waals surface area contributed by atoms with Gasteiger partial charge >= 0.3 is 0 Å². The summed E-state index contributed by atoms with van der Waals surface area (Å²) in [5, 5.41) is 0. The van der Waals surface area contributed by atoms with Crippen LogP contribution in [0.3, 0.4) is 0 Å². The van der Waals surface area contributed by atoms with E-state index in [2.05, 4.69) is 6.92 Å². The molecule has 7 heteroatoms. The molecule has 6 nitrogen and oxygen atoms in total. The maximum absolute atomic E-state index is 12.9. The van der Waals surface area contributed by atoms with Gasteiger partial charge in [-0.05, 0) is 50.3 Å². The van der Waals surface area contributed by atoms with E-state index < -0.39 is 10.0 Å². The van der Waals surface area contributed by atoms with Gasteiger partial charge in [0.05, 0.1) is 19.1 Å². The van der Waals surface area contributed by atoms with Crippen LogP contribution in [0, 0.1) is 6.92 Å². The molecule has 1 fully saturated rings. The smallest absolute Gasteiger partial charge is 0.243 e. The summed E-state index contributed by atoms with van der Waals surface area (Å²) in [5.74, 6) is 0.287. The third-order valence-corrected chi connectivity index (χ3v) is 5.83. The summed E-state index contributed by atoms with van der Waals surface area (Å²) in [4.78, 5) is 14.7. The van der Waals surface area contributed by atoms with Gasteiger partial charge in [0.1, 0.15) is 12.3 Å². The molecular formula is C18H28N2O4S. The predicted molar refractivity (Wildman–Crippen MR) is 99.6 cm³/mol. The van der Waals surface area contributed by atoms with E-state index in [0.29, 0.717) is 18.0 Å². The van der Waals surface area contributed by atoms with E-state index in [1.54, 1.807) is 12.1 Å². The summed E-state index contributed by atoms with van der Waals surface area (Å²) in [7, 11) is -2.13. The van der Waals surface area contributed by atoms with Crippen molar-refractivity contribution in [2.75, 3.05) is 30.8 Å². The molecule has 1 aromatic carbocycles. The first kappa shape index (κ1) is 19.6. The van der Waals surface area contributed by atoms with Crippen LogP contribution in [0.2, 0.25) is 0 Å². The van der Waals surface area contributed by atoms with E-state index in [-0.39, 0.29) is 18.5 Å². The molecular weight excluding hydrogens is 340 g/mol. The first-order valence-corrected chi connectivity index (χ1v) is 10.5. The van der Waals surface area contributed by atoms with Crippen LogP contribution in [0.25, 0.3) is 0 Å². The van der Waals surface area contributed by atoms with Crippen molar-refractivity contribution in [3.8, 4) is 5.75 Å². The lowest BCUT2D eigenvalue weighted by molar-refractivity contribution is -0.133. The standard InChI is InChI=1S/C18H28N2O4S/c1-5-15-8-6-7-11-19(15)18(21)13-20(25(4,22)23)16-12-14(2)9-10-17(16)24-3/h9-10,12,15H,5-8,11,13H2,1-4H3. The van der Waals surface area contributed by atoms with Crippen LogP contribution in [-0.4, -0.2) is 51.7 Å². The number of piperidine rings is 1. The SMILES string of the molecule is CCC1CCCCN1C(=O)CN(c1cc(C)ccc1OC)S(C)(=O)=O. The molecule has 25 heavy (non-hydrogen) atoms. The van der Waals surface area contributed by atoms with E-state index in [0.717, 1.165) is 41.8 Å². The minimum absolute atomic E-state index is 0.152. The summed E-state index contributed by atoms with van der Waals surface area (Å²) < 4.78 is 31.2. The first-order valence-electron chi connectivity index (χ1n) is 8.69. The van der Waals surface area contributed by atoms with Crippen molar-refractivity contribution in [3.63, 3.8) is 0 Å². The molecule has 1 saturated heterocycles. The number of carbonyl (C=O) groups excluding carboxylic acids is 1. The zero-order chi connectivity index (χ0) is 18.6. The van der Waals surface area contributed by atoms with Gasteiger partial charge in [-0.15, -0.1) is 0 Å². The Hall–Kier alpha value is -1.76. The van der Waals surface area contributed by atoms with Crippen molar-refractivity contribution in [3.05, 3.63) is 23.8 Å². The highest BCUT2D eigenvalue weighted by Crippen LogP contribution is 2.31. The van der Waals surface area contributed by atoms with E-state index >= 15 is 0 Å². The molecule has 1 heterocycles. The molecule has 1 amide bonds. The third kappa shape index (κ3) is 4.66. The lowest BCUT2D eigenvalue weighted by atomic mass is 10.00. The molecule has 0 radical (unpaired) electrons. The quantitative estimate of drug-likeness (QED) is 0.774. The Labute approximate surface area is 150 Å². The summed E-state index contributed by atoms with van der Waals surface area (Å²) >= 11 is 0. The molecule has 1 unspecified atom stereocenters. The fraction of sp³-hybridized carbons (Fsp3) is 0.611. The van der Waals surface area contributed by atoms with Gasteiger partial charge in [0, 0.05) is 12.6 Å². The fourth-order valence-corrected chi connectivity index (χ4v) is 4.19.